The third-order valence-corrected chi connectivity index (χ3v) is 4.79. The first kappa shape index (κ1) is 17.5. The molecular weight excluding hydrogens is 292 g/mol. The fraction of sp³-hybridized carbons (Fsp3) is 0.765. The molecule has 4 nitrogen and oxygen atoms in total. The van der Waals surface area contributed by atoms with E-state index in [2.05, 4.69) is 29.0 Å². The number of thioether (sulfide) groups is 1. The van der Waals surface area contributed by atoms with Crippen LogP contribution in [0.2, 0.25) is 0 Å². The summed E-state index contributed by atoms with van der Waals surface area (Å²) < 4.78 is 0. The van der Waals surface area contributed by atoms with E-state index >= 15 is 0 Å². The number of aromatic nitrogens is 2. The van der Waals surface area contributed by atoms with Gasteiger partial charge in [0.2, 0.25) is 0 Å². The van der Waals surface area contributed by atoms with Crippen molar-refractivity contribution in [1.29, 1.82) is 0 Å². The molecule has 0 spiro atoms. The fourth-order valence-corrected chi connectivity index (χ4v) is 3.32. The zero-order valence-corrected chi connectivity index (χ0v) is 15.1. The molecule has 0 saturated carbocycles. The van der Waals surface area contributed by atoms with E-state index < -0.39 is 0 Å². The zero-order valence-electron chi connectivity index (χ0n) is 14.3. The van der Waals surface area contributed by atoms with Gasteiger partial charge in [0.25, 0.3) is 0 Å². The Morgan fingerprint density at radius 3 is 3.00 bits per heavy atom. The summed E-state index contributed by atoms with van der Waals surface area (Å²) in [5, 5.41) is 4.43. The molecule has 1 saturated heterocycles. The van der Waals surface area contributed by atoms with E-state index in [1.54, 1.807) is 11.8 Å². The molecule has 1 aliphatic rings. The van der Waals surface area contributed by atoms with Crippen LogP contribution in [0, 0.1) is 5.92 Å². The summed E-state index contributed by atoms with van der Waals surface area (Å²) in [6, 6.07) is 0. The maximum Gasteiger partial charge on any atom is 0.189 e. The number of rotatable bonds is 8. The van der Waals surface area contributed by atoms with Gasteiger partial charge in [-0.25, -0.2) is 9.97 Å². The molecule has 124 valence electrons. The Labute approximate surface area is 139 Å². The molecule has 1 aromatic heterocycles. The van der Waals surface area contributed by atoms with Crippen LogP contribution in [0.25, 0.3) is 0 Å². The average molecular weight is 323 g/mol. The third kappa shape index (κ3) is 5.13. The highest BCUT2D eigenvalue weighted by atomic mass is 32.2. The Balaban J connectivity index is 2.04. The SMILES string of the molecule is CCCCCNCc1cnc(SC)nc1N1CCCC(C)C1. The van der Waals surface area contributed by atoms with Crippen LogP contribution in [-0.4, -0.2) is 35.9 Å². The van der Waals surface area contributed by atoms with E-state index in [4.69, 9.17) is 4.98 Å². The number of hydrogen-bond donors (Lipinski definition) is 1. The van der Waals surface area contributed by atoms with Gasteiger partial charge in [0.05, 0.1) is 0 Å². The molecule has 2 heterocycles. The van der Waals surface area contributed by atoms with E-state index in [0.29, 0.717) is 0 Å². The highest BCUT2D eigenvalue weighted by Gasteiger charge is 2.20. The van der Waals surface area contributed by atoms with E-state index in [-0.39, 0.29) is 0 Å². The summed E-state index contributed by atoms with van der Waals surface area (Å²) in [6.45, 7) is 8.77. The second-order valence-electron chi connectivity index (χ2n) is 6.28. The molecule has 5 heteroatoms. The maximum atomic E-state index is 4.80. The lowest BCUT2D eigenvalue weighted by Crippen LogP contribution is -2.36. The Kier molecular flexibility index (Phi) is 7.46. The van der Waals surface area contributed by atoms with Crippen LogP contribution in [0.5, 0.6) is 0 Å². The van der Waals surface area contributed by atoms with E-state index in [0.717, 1.165) is 43.1 Å². The normalized spacial score (nSPS) is 18.7. The summed E-state index contributed by atoms with van der Waals surface area (Å²) >= 11 is 1.62. The first-order valence-corrected chi connectivity index (χ1v) is 9.82. The van der Waals surface area contributed by atoms with Gasteiger partial charge in [-0.15, -0.1) is 0 Å². The van der Waals surface area contributed by atoms with Crippen LogP contribution in [-0.2, 0) is 6.54 Å². The van der Waals surface area contributed by atoms with Gasteiger partial charge in [0.15, 0.2) is 5.16 Å². The third-order valence-electron chi connectivity index (χ3n) is 4.23. The van der Waals surface area contributed by atoms with Crippen molar-refractivity contribution in [2.75, 3.05) is 30.8 Å². The van der Waals surface area contributed by atoms with Crippen molar-refractivity contribution in [3.63, 3.8) is 0 Å². The van der Waals surface area contributed by atoms with E-state index in [1.165, 1.54) is 37.7 Å². The second kappa shape index (κ2) is 9.36. The van der Waals surface area contributed by atoms with Crippen molar-refractivity contribution in [3.05, 3.63) is 11.8 Å². The topological polar surface area (TPSA) is 41.1 Å². The molecule has 2 rings (SSSR count). The molecule has 0 aromatic carbocycles. The molecule has 0 radical (unpaired) electrons. The predicted octanol–water partition coefficient (Wildman–Crippen LogP) is 3.71. The number of unbranched alkanes of at least 4 members (excludes halogenated alkanes) is 2. The van der Waals surface area contributed by atoms with Crippen molar-refractivity contribution in [3.8, 4) is 0 Å². The van der Waals surface area contributed by atoms with Crippen LogP contribution in [0.15, 0.2) is 11.4 Å². The maximum absolute atomic E-state index is 4.80. The van der Waals surface area contributed by atoms with Crippen LogP contribution < -0.4 is 10.2 Å². The minimum absolute atomic E-state index is 0.756. The van der Waals surface area contributed by atoms with Gasteiger partial charge in [0, 0.05) is 31.4 Å². The van der Waals surface area contributed by atoms with Gasteiger partial charge >= 0.3 is 0 Å². The second-order valence-corrected chi connectivity index (χ2v) is 7.06. The number of piperidine rings is 1. The molecule has 0 bridgehead atoms. The Morgan fingerprint density at radius 1 is 1.41 bits per heavy atom. The molecular formula is C17H30N4S. The highest BCUT2D eigenvalue weighted by Crippen LogP contribution is 2.25. The standard InChI is InChI=1S/C17H30N4S/c1-4-5-6-9-18-11-15-12-19-17(22-3)20-16(15)21-10-7-8-14(2)13-21/h12,14,18H,4-11,13H2,1-3H3. The van der Waals surface area contributed by atoms with E-state index in [9.17, 15) is 0 Å². The Bertz CT molecular complexity index is 452. The number of nitrogens with zero attached hydrogens (tertiary/aromatic N) is 3. The van der Waals surface area contributed by atoms with E-state index in [1.807, 2.05) is 12.5 Å². The van der Waals surface area contributed by atoms with Gasteiger partial charge in [-0.1, -0.05) is 38.5 Å². The van der Waals surface area contributed by atoms with Crippen molar-refractivity contribution >= 4 is 17.6 Å². The van der Waals surface area contributed by atoms with Gasteiger partial charge < -0.3 is 10.2 Å². The number of hydrogen-bond acceptors (Lipinski definition) is 5. The quantitative estimate of drug-likeness (QED) is 0.449. The lowest BCUT2D eigenvalue weighted by molar-refractivity contribution is 0.442. The lowest BCUT2D eigenvalue weighted by atomic mass is 10.00. The largest absolute Gasteiger partial charge is 0.356 e. The van der Waals surface area contributed by atoms with Gasteiger partial charge in [-0.3, -0.25) is 0 Å². The minimum Gasteiger partial charge on any atom is -0.356 e. The summed E-state index contributed by atoms with van der Waals surface area (Å²) in [7, 11) is 0. The summed E-state index contributed by atoms with van der Waals surface area (Å²) in [6.07, 6.45) is 10.5. The van der Waals surface area contributed by atoms with Crippen LogP contribution in [0.1, 0.15) is 51.5 Å². The molecule has 1 aromatic rings. The van der Waals surface area contributed by atoms with Crippen molar-refractivity contribution in [2.24, 2.45) is 5.92 Å². The molecule has 0 aliphatic carbocycles. The first-order valence-electron chi connectivity index (χ1n) is 8.60. The predicted molar refractivity (Wildman–Crippen MR) is 95.7 cm³/mol. The van der Waals surface area contributed by atoms with Crippen LogP contribution in [0.3, 0.4) is 0 Å². The summed E-state index contributed by atoms with van der Waals surface area (Å²) in [5.41, 5.74) is 1.24. The van der Waals surface area contributed by atoms with Gasteiger partial charge in [0.1, 0.15) is 5.82 Å². The Morgan fingerprint density at radius 2 is 2.27 bits per heavy atom. The molecule has 1 unspecified atom stereocenters. The van der Waals surface area contributed by atoms with Crippen molar-refractivity contribution < 1.29 is 0 Å². The zero-order chi connectivity index (χ0) is 15.8. The van der Waals surface area contributed by atoms with Crippen molar-refractivity contribution in [2.45, 2.75) is 57.7 Å². The smallest absolute Gasteiger partial charge is 0.189 e. The molecule has 1 fully saturated rings. The number of anilines is 1. The van der Waals surface area contributed by atoms with Crippen LogP contribution in [0.4, 0.5) is 5.82 Å². The fourth-order valence-electron chi connectivity index (χ4n) is 2.98. The lowest BCUT2D eigenvalue weighted by Gasteiger charge is -2.33. The summed E-state index contributed by atoms with van der Waals surface area (Å²) in [5.74, 6) is 1.90. The molecule has 22 heavy (non-hydrogen) atoms. The first-order chi connectivity index (χ1) is 10.7. The average Bonchev–Trinajstić information content (AvgIpc) is 2.55. The van der Waals surface area contributed by atoms with Crippen LogP contribution >= 0.6 is 11.8 Å². The summed E-state index contributed by atoms with van der Waals surface area (Å²) in [4.78, 5) is 11.7. The molecule has 1 atom stereocenters. The molecule has 1 N–H and O–H groups in total. The minimum atomic E-state index is 0.756. The highest BCUT2D eigenvalue weighted by molar-refractivity contribution is 7.98. The van der Waals surface area contributed by atoms with Gasteiger partial charge in [-0.05, 0) is 38.0 Å². The molecule has 0 amide bonds. The monoisotopic (exact) mass is 322 g/mol. The van der Waals surface area contributed by atoms with Gasteiger partial charge in [-0.2, -0.15) is 0 Å². The van der Waals surface area contributed by atoms with Crippen molar-refractivity contribution in [1.82, 2.24) is 15.3 Å². The number of nitrogens with one attached hydrogen (secondary N) is 1. The Hall–Kier alpha value is -0.810. The molecule has 1 aliphatic heterocycles.